The number of para-hydroxylation sites is 1. The highest BCUT2D eigenvalue weighted by Crippen LogP contribution is 2.26. The van der Waals surface area contributed by atoms with Crippen LogP contribution in [0.15, 0.2) is 46.9 Å². The highest BCUT2D eigenvalue weighted by atomic mass is 79.9. The number of aryl methyl sites for hydroxylation is 1. The second-order valence-electron chi connectivity index (χ2n) is 5.49. The lowest BCUT2D eigenvalue weighted by Gasteiger charge is -2.15. The van der Waals surface area contributed by atoms with Crippen molar-refractivity contribution >= 4 is 43.4 Å². The molecule has 3 rings (SSSR count). The zero-order chi connectivity index (χ0) is 17.1. The summed E-state index contributed by atoms with van der Waals surface area (Å²) in [6, 6.07) is 13.7. The number of aromatic nitrogens is 1. The van der Waals surface area contributed by atoms with Gasteiger partial charge in [-0.25, -0.2) is 4.98 Å². The number of fused-ring (bicyclic) bond motifs is 1. The van der Waals surface area contributed by atoms with Crippen LogP contribution in [0.5, 0.6) is 5.75 Å². The van der Waals surface area contributed by atoms with E-state index >= 15 is 0 Å². The first kappa shape index (κ1) is 16.9. The average Bonchev–Trinajstić information content (AvgIpc) is 2.98. The number of rotatable bonds is 5. The molecule has 0 saturated heterocycles. The van der Waals surface area contributed by atoms with Crippen molar-refractivity contribution in [3.05, 3.63) is 57.5 Å². The molecule has 1 atom stereocenters. The van der Waals surface area contributed by atoms with Gasteiger partial charge in [0, 0.05) is 0 Å². The van der Waals surface area contributed by atoms with Crippen LogP contribution in [-0.4, -0.2) is 17.0 Å². The smallest absolute Gasteiger partial charge is 0.261 e. The molecular weight excluding hydrogens is 388 g/mol. The number of hydrogen-bond donors (Lipinski definition) is 1. The number of benzene rings is 2. The first-order valence-electron chi connectivity index (χ1n) is 7.58. The van der Waals surface area contributed by atoms with Gasteiger partial charge in [-0.2, -0.15) is 0 Å². The third-order valence-corrected chi connectivity index (χ3v) is 5.17. The zero-order valence-corrected chi connectivity index (χ0v) is 15.8. The Hall–Kier alpha value is -1.92. The van der Waals surface area contributed by atoms with E-state index in [-0.39, 0.29) is 5.91 Å². The Balaban J connectivity index is 1.59. The van der Waals surface area contributed by atoms with Crippen LogP contribution in [0.3, 0.4) is 0 Å². The van der Waals surface area contributed by atoms with Crippen molar-refractivity contribution in [2.75, 3.05) is 0 Å². The van der Waals surface area contributed by atoms with Crippen LogP contribution < -0.4 is 10.1 Å². The predicted octanol–water partition coefficient (Wildman–Crippen LogP) is 4.45. The van der Waals surface area contributed by atoms with Crippen LogP contribution in [0, 0.1) is 6.92 Å². The number of carbonyl (C=O) groups excluding carboxylic acids is 1. The standard InChI is InChI=1S/C18H17BrN2O2S/c1-11-7-8-15(13(19)9-11)23-12(2)18(22)20-10-17-21-14-5-3-4-6-16(14)24-17/h3-9,12H,10H2,1-2H3,(H,20,22)/t12-/m0/s1. The van der Waals surface area contributed by atoms with Crippen molar-refractivity contribution < 1.29 is 9.53 Å². The van der Waals surface area contributed by atoms with Crippen molar-refractivity contribution in [2.45, 2.75) is 26.5 Å². The van der Waals surface area contributed by atoms with E-state index in [2.05, 4.69) is 26.2 Å². The van der Waals surface area contributed by atoms with Crippen LogP contribution >= 0.6 is 27.3 Å². The number of nitrogens with one attached hydrogen (secondary N) is 1. The molecule has 0 aliphatic carbocycles. The lowest BCUT2D eigenvalue weighted by molar-refractivity contribution is -0.127. The van der Waals surface area contributed by atoms with Gasteiger partial charge in [0.1, 0.15) is 10.8 Å². The van der Waals surface area contributed by atoms with Gasteiger partial charge in [0.25, 0.3) is 5.91 Å². The SMILES string of the molecule is Cc1ccc(O[C@@H](C)C(=O)NCc2nc3ccccc3s2)c(Br)c1. The van der Waals surface area contributed by atoms with Gasteiger partial charge in [0.2, 0.25) is 0 Å². The zero-order valence-electron chi connectivity index (χ0n) is 13.4. The highest BCUT2D eigenvalue weighted by Gasteiger charge is 2.16. The fraction of sp³-hybridized carbons (Fsp3) is 0.222. The minimum absolute atomic E-state index is 0.165. The van der Waals surface area contributed by atoms with E-state index in [1.165, 1.54) is 0 Å². The summed E-state index contributed by atoms with van der Waals surface area (Å²) in [7, 11) is 0. The summed E-state index contributed by atoms with van der Waals surface area (Å²) in [5.74, 6) is 0.491. The van der Waals surface area contributed by atoms with Gasteiger partial charge in [-0.1, -0.05) is 18.2 Å². The van der Waals surface area contributed by atoms with Gasteiger partial charge < -0.3 is 10.1 Å². The maximum Gasteiger partial charge on any atom is 0.261 e. The largest absolute Gasteiger partial charge is 0.480 e. The Bertz CT molecular complexity index is 845. The number of thiazole rings is 1. The quantitative estimate of drug-likeness (QED) is 0.683. The van der Waals surface area contributed by atoms with Gasteiger partial charge >= 0.3 is 0 Å². The molecule has 0 spiro atoms. The predicted molar refractivity (Wildman–Crippen MR) is 100 cm³/mol. The lowest BCUT2D eigenvalue weighted by Crippen LogP contribution is -2.35. The summed E-state index contributed by atoms with van der Waals surface area (Å²) in [6.07, 6.45) is -0.585. The first-order valence-corrected chi connectivity index (χ1v) is 9.19. The number of ether oxygens (including phenoxy) is 1. The molecule has 3 aromatic rings. The Kier molecular flexibility index (Phi) is 5.16. The Morgan fingerprint density at radius 2 is 2.12 bits per heavy atom. The highest BCUT2D eigenvalue weighted by molar-refractivity contribution is 9.10. The Morgan fingerprint density at radius 3 is 2.88 bits per heavy atom. The van der Waals surface area contributed by atoms with E-state index in [9.17, 15) is 4.79 Å². The molecule has 0 fully saturated rings. The monoisotopic (exact) mass is 404 g/mol. The van der Waals surface area contributed by atoms with E-state index in [1.807, 2.05) is 49.4 Å². The molecule has 0 unspecified atom stereocenters. The summed E-state index contributed by atoms with van der Waals surface area (Å²) in [5, 5.41) is 3.76. The second-order valence-corrected chi connectivity index (χ2v) is 7.46. The normalized spacial score (nSPS) is 12.1. The van der Waals surface area contributed by atoms with Crippen LogP contribution in [0.2, 0.25) is 0 Å². The summed E-state index contributed by atoms with van der Waals surface area (Å²) >= 11 is 5.04. The van der Waals surface area contributed by atoms with Crippen molar-refractivity contribution in [1.29, 1.82) is 0 Å². The summed E-state index contributed by atoms with van der Waals surface area (Å²) in [6.45, 7) is 4.14. The molecule has 2 aromatic carbocycles. The Labute approximate surface area is 153 Å². The molecule has 24 heavy (non-hydrogen) atoms. The molecule has 124 valence electrons. The molecule has 1 amide bonds. The van der Waals surface area contributed by atoms with Crippen LogP contribution in [-0.2, 0) is 11.3 Å². The minimum Gasteiger partial charge on any atom is -0.480 e. The molecule has 1 N–H and O–H groups in total. The molecule has 0 aliphatic heterocycles. The van der Waals surface area contributed by atoms with E-state index in [0.717, 1.165) is 25.3 Å². The first-order chi connectivity index (χ1) is 11.5. The lowest BCUT2D eigenvalue weighted by atomic mass is 10.2. The number of hydrogen-bond acceptors (Lipinski definition) is 4. The fourth-order valence-electron chi connectivity index (χ4n) is 2.25. The third kappa shape index (κ3) is 3.94. The minimum atomic E-state index is -0.585. The van der Waals surface area contributed by atoms with E-state index in [0.29, 0.717) is 12.3 Å². The molecule has 1 heterocycles. The van der Waals surface area contributed by atoms with E-state index in [4.69, 9.17) is 4.74 Å². The molecule has 1 aromatic heterocycles. The van der Waals surface area contributed by atoms with Crippen molar-refractivity contribution in [3.8, 4) is 5.75 Å². The third-order valence-electron chi connectivity index (χ3n) is 3.51. The molecule has 0 saturated carbocycles. The van der Waals surface area contributed by atoms with Gasteiger partial charge in [0.15, 0.2) is 6.10 Å². The maximum atomic E-state index is 12.2. The van der Waals surface area contributed by atoms with Crippen molar-refractivity contribution in [3.63, 3.8) is 0 Å². The molecule has 0 bridgehead atoms. The number of amides is 1. The van der Waals surface area contributed by atoms with Crippen LogP contribution in [0.1, 0.15) is 17.5 Å². The van der Waals surface area contributed by atoms with Gasteiger partial charge in [-0.3, -0.25) is 4.79 Å². The molecule has 0 aliphatic rings. The van der Waals surface area contributed by atoms with Crippen LogP contribution in [0.25, 0.3) is 10.2 Å². The van der Waals surface area contributed by atoms with Crippen molar-refractivity contribution in [2.24, 2.45) is 0 Å². The number of carbonyl (C=O) groups is 1. The topological polar surface area (TPSA) is 51.2 Å². The fourth-order valence-corrected chi connectivity index (χ4v) is 3.74. The van der Waals surface area contributed by atoms with E-state index in [1.54, 1.807) is 18.3 Å². The number of nitrogens with zero attached hydrogens (tertiary/aromatic N) is 1. The van der Waals surface area contributed by atoms with Gasteiger partial charge in [-0.05, 0) is 59.6 Å². The molecule has 6 heteroatoms. The molecule has 4 nitrogen and oxygen atoms in total. The molecular formula is C18H17BrN2O2S. The summed E-state index contributed by atoms with van der Waals surface area (Å²) in [5.41, 5.74) is 2.08. The van der Waals surface area contributed by atoms with Gasteiger partial charge in [-0.15, -0.1) is 11.3 Å². The average molecular weight is 405 g/mol. The Morgan fingerprint density at radius 1 is 1.33 bits per heavy atom. The summed E-state index contributed by atoms with van der Waals surface area (Å²) < 4.78 is 7.69. The molecule has 0 radical (unpaired) electrons. The van der Waals surface area contributed by atoms with Gasteiger partial charge in [0.05, 0.1) is 21.2 Å². The van der Waals surface area contributed by atoms with Crippen molar-refractivity contribution in [1.82, 2.24) is 10.3 Å². The van der Waals surface area contributed by atoms with E-state index < -0.39 is 6.10 Å². The number of halogens is 1. The second kappa shape index (κ2) is 7.32. The van der Waals surface area contributed by atoms with Crippen LogP contribution in [0.4, 0.5) is 0 Å². The maximum absolute atomic E-state index is 12.2. The summed E-state index contributed by atoms with van der Waals surface area (Å²) in [4.78, 5) is 16.7.